The van der Waals surface area contributed by atoms with Crippen molar-refractivity contribution in [2.75, 3.05) is 5.32 Å². The Hall–Kier alpha value is -1.70. The molecule has 1 atom stereocenters. The Morgan fingerprint density at radius 1 is 1.42 bits per heavy atom. The van der Waals surface area contributed by atoms with Gasteiger partial charge in [0.15, 0.2) is 5.82 Å². The van der Waals surface area contributed by atoms with Gasteiger partial charge in [-0.2, -0.15) is 0 Å². The van der Waals surface area contributed by atoms with Crippen molar-refractivity contribution in [2.45, 2.75) is 19.4 Å². The minimum Gasteiger partial charge on any atom is -0.480 e. The second-order valence-corrected chi connectivity index (χ2v) is 4.50. The zero-order valence-electron chi connectivity index (χ0n) is 9.84. The van der Waals surface area contributed by atoms with Crippen molar-refractivity contribution in [1.82, 2.24) is 5.32 Å². The lowest BCUT2D eigenvalue weighted by molar-refractivity contribution is -0.139. The highest BCUT2D eigenvalue weighted by molar-refractivity contribution is 9.10. The van der Waals surface area contributed by atoms with Gasteiger partial charge in [0, 0.05) is 10.5 Å². The van der Waals surface area contributed by atoms with Crippen LogP contribution in [0.4, 0.5) is 19.3 Å². The number of benzene rings is 1. The Balaban J connectivity index is 2.80. The number of nitrogens with one attached hydrogen (secondary N) is 2. The molecule has 5 nitrogen and oxygen atoms in total. The first-order chi connectivity index (χ1) is 8.85. The molecule has 0 aromatic heterocycles. The summed E-state index contributed by atoms with van der Waals surface area (Å²) in [7, 11) is 0. The van der Waals surface area contributed by atoms with Crippen LogP contribution in [0.1, 0.15) is 13.3 Å². The van der Waals surface area contributed by atoms with Gasteiger partial charge < -0.3 is 15.7 Å². The molecule has 1 rings (SSSR count). The molecule has 0 radical (unpaired) electrons. The molecule has 0 saturated carbocycles. The number of carbonyl (C=O) groups excluding carboxylic acids is 1. The van der Waals surface area contributed by atoms with Gasteiger partial charge in [-0.3, -0.25) is 0 Å². The van der Waals surface area contributed by atoms with Gasteiger partial charge >= 0.3 is 12.0 Å². The number of carbonyl (C=O) groups is 2. The molecule has 0 bridgehead atoms. The molecule has 0 fully saturated rings. The van der Waals surface area contributed by atoms with E-state index in [1.54, 1.807) is 6.92 Å². The Morgan fingerprint density at radius 2 is 2.05 bits per heavy atom. The van der Waals surface area contributed by atoms with E-state index >= 15 is 0 Å². The fraction of sp³-hybridized carbons (Fsp3) is 0.273. The molecule has 2 amide bonds. The predicted molar refractivity (Wildman–Crippen MR) is 67.9 cm³/mol. The summed E-state index contributed by atoms with van der Waals surface area (Å²) in [4.78, 5) is 22.2. The smallest absolute Gasteiger partial charge is 0.326 e. The second kappa shape index (κ2) is 6.46. The molecular formula is C11H11BrF2N2O3. The summed E-state index contributed by atoms with van der Waals surface area (Å²) in [5.74, 6) is -2.96. The van der Waals surface area contributed by atoms with Crippen molar-refractivity contribution in [3.63, 3.8) is 0 Å². The molecule has 0 unspecified atom stereocenters. The van der Waals surface area contributed by atoms with Gasteiger partial charge in [0.1, 0.15) is 11.9 Å². The number of hydrogen-bond acceptors (Lipinski definition) is 2. The number of carboxylic acid groups (broad SMARTS) is 1. The van der Waals surface area contributed by atoms with Crippen molar-refractivity contribution in [3.8, 4) is 0 Å². The van der Waals surface area contributed by atoms with Crippen LogP contribution in [0.15, 0.2) is 16.6 Å². The Labute approximate surface area is 116 Å². The number of hydrogen-bond donors (Lipinski definition) is 3. The van der Waals surface area contributed by atoms with Gasteiger partial charge in [0.05, 0.1) is 5.69 Å². The molecule has 3 N–H and O–H groups in total. The van der Waals surface area contributed by atoms with Crippen LogP contribution in [0.3, 0.4) is 0 Å². The Bertz CT molecular complexity index is 488. The monoisotopic (exact) mass is 336 g/mol. The average Bonchev–Trinajstić information content (AvgIpc) is 2.30. The number of anilines is 1. The van der Waals surface area contributed by atoms with E-state index in [4.69, 9.17) is 5.11 Å². The van der Waals surface area contributed by atoms with Gasteiger partial charge in [0.25, 0.3) is 0 Å². The third-order valence-electron chi connectivity index (χ3n) is 2.26. The average molecular weight is 337 g/mol. The quantitative estimate of drug-likeness (QED) is 0.790. The van der Waals surface area contributed by atoms with Crippen molar-refractivity contribution < 1.29 is 23.5 Å². The maximum Gasteiger partial charge on any atom is 0.326 e. The summed E-state index contributed by atoms with van der Waals surface area (Å²) < 4.78 is 26.3. The van der Waals surface area contributed by atoms with Crippen LogP contribution in [0.5, 0.6) is 0 Å². The van der Waals surface area contributed by atoms with Crippen molar-refractivity contribution in [1.29, 1.82) is 0 Å². The van der Waals surface area contributed by atoms with E-state index in [-0.39, 0.29) is 16.6 Å². The summed E-state index contributed by atoms with van der Waals surface area (Å²) in [5, 5.41) is 13.0. The molecule has 0 aliphatic carbocycles. The third kappa shape index (κ3) is 4.16. The zero-order chi connectivity index (χ0) is 14.6. The van der Waals surface area contributed by atoms with E-state index in [0.29, 0.717) is 6.07 Å². The standard InChI is InChI=1S/C11H11BrF2N2O3/c1-2-8(10(17)18)15-11(19)16-9-6(12)3-5(13)4-7(9)14/h3-4,8H,2H2,1H3,(H,17,18)(H2,15,16,19)/t8-/m0/s1. The minimum atomic E-state index is -1.20. The lowest BCUT2D eigenvalue weighted by Gasteiger charge is -2.14. The first kappa shape index (κ1) is 15.4. The number of carboxylic acids is 1. The van der Waals surface area contributed by atoms with Crippen LogP contribution >= 0.6 is 15.9 Å². The van der Waals surface area contributed by atoms with E-state index < -0.39 is 29.7 Å². The van der Waals surface area contributed by atoms with Gasteiger partial charge in [-0.1, -0.05) is 6.92 Å². The summed E-state index contributed by atoms with van der Waals surface area (Å²) in [6, 6.07) is -0.384. The molecule has 1 aromatic rings. The number of aliphatic carboxylic acids is 1. The Morgan fingerprint density at radius 3 is 2.53 bits per heavy atom. The van der Waals surface area contributed by atoms with Crippen LogP contribution in [0.25, 0.3) is 0 Å². The molecule has 0 saturated heterocycles. The highest BCUT2D eigenvalue weighted by Gasteiger charge is 2.19. The van der Waals surface area contributed by atoms with Gasteiger partial charge in [-0.15, -0.1) is 0 Å². The van der Waals surface area contributed by atoms with Gasteiger partial charge in [0.2, 0.25) is 0 Å². The van der Waals surface area contributed by atoms with Crippen LogP contribution in [0, 0.1) is 11.6 Å². The number of amides is 2. The number of rotatable bonds is 4. The van der Waals surface area contributed by atoms with Crippen LogP contribution in [0.2, 0.25) is 0 Å². The molecule has 1 aromatic carbocycles. The zero-order valence-corrected chi connectivity index (χ0v) is 11.4. The van der Waals surface area contributed by atoms with Crippen molar-refractivity contribution in [3.05, 3.63) is 28.2 Å². The molecule has 0 aliphatic heterocycles. The molecule has 0 aliphatic rings. The molecule has 104 valence electrons. The summed E-state index contributed by atoms with van der Waals surface area (Å²) in [6.45, 7) is 1.58. The van der Waals surface area contributed by atoms with Gasteiger partial charge in [-0.25, -0.2) is 18.4 Å². The molecule has 8 heteroatoms. The predicted octanol–water partition coefficient (Wildman–Crippen LogP) is 2.71. The normalized spacial score (nSPS) is 11.8. The van der Waals surface area contributed by atoms with Crippen molar-refractivity contribution >= 4 is 33.6 Å². The first-order valence-electron chi connectivity index (χ1n) is 5.30. The molecule has 0 heterocycles. The minimum absolute atomic E-state index is 0.0172. The molecule has 19 heavy (non-hydrogen) atoms. The molecule has 0 spiro atoms. The molecular weight excluding hydrogens is 326 g/mol. The lowest BCUT2D eigenvalue weighted by atomic mass is 10.2. The summed E-state index contributed by atoms with van der Waals surface area (Å²) >= 11 is 2.90. The SMILES string of the molecule is CC[C@H](NC(=O)Nc1c(F)cc(F)cc1Br)C(=O)O. The van der Waals surface area contributed by atoms with E-state index in [9.17, 15) is 18.4 Å². The first-order valence-corrected chi connectivity index (χ1v) is 6.09. The Kier molecular flexibility index (Phi) is 5.22. The lowest BCUT2D eigenvalue weighted by Crippen LogP contribution is -2.42. The summed E-state index contributed by atoms with van der Waals surface area (Å²) in [6.07, 6.45) is 0.176. The van der Waals surface area contributed by atoms with E-state index in [2.05, 4.69) is 26.6 Å². The fourth-order valence-corrected chi connectivity index (χ4v) is 1.82. The van der Waals surface area contributed by atoms with E-state index in [1.165, 1.54) is 0 Å². The maximum absolute atomic E-state index is 13.4. The fourth-order valence-electron chi connectivity index (χ4n) is 1.31. The van der Waals surface area contributed by atoms with E-state index in [0.717, 1.165) is 6.07 Å². The van der Waals surface area contributed by atoms with Gasteiger partial charge in [-0.05, 0) is 28.4 Å². The number of halogens is 3. The third-order valence-corrected chi connectivity index (χ3v) is 2.88. The highest BCUT2D eigenvalue weighted by Crippen LogP contribution is 2.26. The topological polar surface area (TPSA) is 78.4 Å². The highest BCUT2D eigenvalue weighted by atomic mass is 79.9. The van der Waals surface area contributed by atoms with Crippen LogP contribution in [-0.4, -0.2) is 23.1 Å². The van der Waals surface area contributed by atoms with E-state index in [1.807, 2.05) is 0 Å². The second-order valence-electron chi connectivity index (χ2n) is 3.64. The van der Waals surface area contributed by atoms with Crippen LogP contribution < -0.4 is 10.6 Å². The summed E-state index contributed by atoms with van der Waals surface area (Å²) in [5.41, 5.74) is -0.265. The maximum atomic E-state index is 13.4. The largest absolute Gasteiger partial charge is 0.480 e. The number of urea groups is 1. The van der Waals surface area contributed by atoms with Crippen LogP contribution in [-0.2, 0) is 4.79 Å². The van der Waals surface area contributed by atoms with Crippen molar-refractivity contribution in [2.24, 2.45) is 0 Å².